The van der Waals surface area contributed by atoms with E-state index in [-0.39, 0.29) is 29.5 Å². The Balaban J connectivity index is 2.12. The van der Waals surface area contributed by atoms with Crippen LogP contribution >= 0.6 is 34.8 Å². The normalized spacial score (nSPS) is 11.9. The van der Waals surface area contributed by atoms with E-state index in [1.165, 1.54) is 29.2 Å². The fourth-order valence-corrected chi connectivity index (χ4v) is 6.01. The van der Waals surface area contributed by atoms with E-state index in [2.05, 4.69) is 5.32 Å². The Labute approximate surface area is 249 Å². The van der Waals surface area contributed by atoms with E-state index in [1.807, 2.05) is 0 Å². The summed E-state index contributed by atoms with van der Waals surface area (Å²) < 4.78 is 34.6. The standard InChI is InChI=1S/C28H30Cl3N3O5S/c1-4-32-28(36)19(3)33(17-22-23(30)9-8-10-24(22)31)27(35)18-34(25-11-6-7-12-26(25)39-5-2)40(37,38)21-15-13-20(29)14-16-21/h6-16,19H,4-5,17-18H2,1-3H3,(H,32,36)/t19-/m0/s1. The molecule has 1 atom stereocenters. The highest BCUT2D eigenvalue weighted by molar-refractivity contribution is 7.92. The molecule has 0 aliphatic rings. The fraction of sp³-hybridized carbons (Fsp3) is 0.286. The van der Waals surface area contributed by atoms with Gasteiger partial charge in [0.25, 0.3) is 10.0 Å². The molecule has 3 aromatic carbocycles. The average Bonchev–Trinajstić information content (AvgIpc) is 2.92. The number of hydrogen-bond acceptors (Lipinski definition) is 5. The number of rotatable bonds is 12. The summed E-state index contributed by atoms with van der Waals surface area (Å²) in [4.78, 5) is 28.0. The van der Waals surface area contributed by atoms with Gasteiger partial charge in [0, 0.05) is 33.7 Å². The van der Waals surface area contributed by atoms with Crippen LogP contribution in [0, 0.1) is 0 Å². The van der Waals surface area contributed by atoms with Gasteiger partial charge < -0.3 is 15.0 Å². The lowest BCUT2D eigenvalue weighted by atomic mass is 10.1. The van der Waals surface area contributed by atoms with E-state index in [1.54, 1.807) is 63.2 Å². The third kappa shape index (κ3) is 7.40. The zero-order chi connectivity index (χ0) is 29.4. The van der Waals surface area contributed by atoms with Crippen molar-refractivity contribution in [3.05, 3.63) is 87.4 Å². The van der Waals surface area contributed by atoms with Crippen LogP contribution in [0.25, 0.3) is 0 Å². The highest BCUT2D eigenvalue weighted by atomic mass is 35.5. The molecule has 3 aromatic rings. The lowest BCUT2D eigenvalue weighted by Crippen LogP contribution is -2.51. The minimum Gasteiger partial charge on any atom is -0.492 e. The SMILES string of the molecule is CCNC(=O)[C@H](C)N(Cc1c(Cl)cccc1Cl)C(=O)CN(c1ccccc1OCC)S(=O)(=O)c1ccc(Cl)cc1. The number of nitrogens with zero attached hydrogens (tertiary/aromatic N) is 2. The molecule has 0 radical (unpaired) electrons. The Morgan fingerprint density at radius 2 is 1.55 bits per heavy atom. The Morgan fingerprint density at radius 1 is 0.925 bits per heavy atom. The molecule has 0 fully saturated rings. The van der Waals surface area contributed by atoms with Crippen molar-refractivity contribution in [1.29, 1.82) is 0 Å². The summed E-state index contributed by atoms with van der Waals surface area (Å²) in [6, 6.07) is 16.1. The molecule has 0 aliphatic heterocycles. The number of anilines is 1. The first-order valence-electron chi connectivity index (χ1n) is 12.5. The van der Waals surface area contributed by atoms with E-state index in [0.717, 1.165) is 4.31 Å². The smallest absolute Gasteiger partial charge is 0.264 e. The molecular formula is C28H30Cl3N3O5S. The summed E-state index contributed by atoms with van der Waals surface area (Å²) in [6.45, 7) is 4.93. The van der Waals surface area contributed by atoms with Gasteiger partial charge in [-0.3, -0.25) is 13.9 Å². The fourth-order valence-electron chi connectivity index (χ4n) is 3.95. The second kappa shape index (κ2) is 14.1. The molecule has 214 valence electrons. The molecular weight excluding hydrogens is 597 g/mol. The molecule has 0 saturated carbocycles. The number of sulfonamides is 1. The summed E-state index contributed by atoms with van der Waals surface area (Å²) in [6.07, 6.45) is 0. The van der Waals surface area contributed by atoms with Crippen LogP contribution in [0.15, 0.2) is 71.6 Å². The zero-order valence-electron chi connectivity index (χ0n) is 22.2. The van der Waals surface area contributed by atoms with Gasteiger partial charge in [0.2, 0.25) is 11.8 Å². The lowest BCUT2D eigenvalue weighted by molar-refractivity contribution is -0.139. The van der Waals surface area contributed by atoms with Crippen LogP contribution in [-0.2, 0) is 26.2 Å². The second-order valence-electron chi connectivity index (χ2n) is 8.66. The highest BCUT2D eigenvalue weighted by Gasteiger charge is 2.34. The summed E-state index contributed by atoms with van der Waals surface area (Å²) in [5.41, 5.74) is 0.589. The van der Waals surface area contributed by atoms with Gasteiger partial charge >= 0.3 is 0 Å². The molecule has 0 saturated heterocycles. The number of nitrogens with one attached hydrogen (secondary N) is 1. The molecule has 0 bridgehead atoms. The monoisotopic (exact) mass is 625 g/mol. The predicted octanol–water partition coefficient (Wildman–Crippen LogP) is 5.79. The van der Waals surface area contributed by atoms with Crippen molar-refractivity contribution < 1.29 is 22.7 Å². The maximum absolute atomic E-state index is 14.0. The number of likely N-dealkylation sites (N-methyl/N-ethyl adjacent to an activating group) is 1. The number of halogens is 3. The summed E-state index contributed by atoms with van der Waals surface area (Å²) in [5.74, 6) is -0.799. The number of para-hydroxylation sites is 2. The molecule has 0 aliphatic carbocycles. The molecule has 12 heteroatoms. The maximum Gasteiger partial charge on any atom is 0.264 e. The number of carbonyl (C=O) groups excluding carboxylic acids is 2. The number of ether oxygens (including phenoxy) is 1. The van der Waals surface area contributed by atoms with Crippen LogP contribution < -0.4 is 14.4 Å². The van der Waals surface area contributed by atoms with Crippen LogP contribution in [-0.4, -0.2) is 50.9 Å². The van der Waals surface area contributed by atoms with Gasteiger partial charge in [-0.15, -0.1) is 0 Å². The van der Waals surface area contributed by atoms with Crippen molar-refractivity contribution in [2.24, 2.45) is 0 Å². The Hall–Kier alpha value is -2.98. The lowest BCUT2D eigenvalue weighted by Gasteiger charge is -2.32. The predicted molar refractivity (Wildman–Crippen MR) is 159 cm³/mol. The first-order chi connectivity index (χ1) is 19.0. The zero-order valence-corrected chi connectivity index (χ0v) is 25.3. The number of benzene rings is 3. The highest BCUT2D eigenvalue weighted by Crippen LogP contribution is 2.33. The van der Waals surface area contributed by atoms with Gasteiger partial charge in [-0.2, -0.15) is 0 Å². The van der Waals surface area contributed by atoms with Crippen LogP contribution in [0.5, 0.6) is 5.75 Å². The molecule has 1 N–H and O–H groups in total. The van der Waals surface area contributed by atoms with Gasteiger partial charge in [0.1, 0.15) is 18.3 Å². The Bertz CT molecular complexity index is 1430. The Kier molecular flexibility index (Phi) is 11.1. The number of carbonyl (C=O) groups is 2. The van der Waals surface area contributed by atoms with E-state index in [0.29, 0.717) is 27.2 Å². The quantitative estimate of drug-likeness (QED) is 0.274. The third-order valence-corrected chi connectivity index (χ3v) is 8.76. The molecule has 0 aromatic heterocycles. The summed E-state index contributed by atoms with van der Waals surface area (Å²) in [5, 5.41) is 3.67. The maximum atomic E-state index is 14.0. The summed E-state index contributed by atoms with van der Waals surface area (Å²) in [7, 11) is -4.29. The molecule has 0 spiro atoms. The van der Waals surface area contributed by atoms with Crippen LogP contribution in [0.3, 0.4) is 0 Å². The van der Waals surface area contributed by atoms with Crippen molar-refractivity contribution in [2.45, 2.75) is 38.3 Å². The minimum atomic E-state index is -4.29. The third-order valence-electron chi connectivity index (χ3n) is 6.02. The molecule has 40 heavy (non-hydrogen) atoms. The molecule has 0 heterocycles. The van der Waals surface area contributed by atoms with E-state index >= 15 is 0 Å². The van der Waals surface area contributed by atoms with Crippen molar-refractivity contribution in [3.8, 4) is 5.75 Å². The molecule has 0 unspecified atom stereocenters. The van der Waals surface area contributed by atoms with Gasteiger partial charge in [0.05, 0.1) is 17.2 Å². The van der Waals surface area contributed by atoms with Crippen molar-refractivity contribution >= 4 is 62.3 Å². The molecule has 8 nitrogen and oxygen atoms in total. The first-order valence-corrected chi connectivity index (χ1v) is 15.1. The molecule has 3 rings (SSSR count). The van der Waals surface area contributed by atoms with E-state index in [4.69, 9.17) is 39.5 Å². The average molecular weight is 627 g/mol. The van der Waals surface area contributed by atoms with Crippen LogP contribution in [0.1, 0.15) is 26.3 Å². The Morgan fingerprint density at radius 3 is 2.15 bits per heavy atom. The largest absolute Gasteiger partial charge is 0.492 e. The first kappa shape index (κ1) is 31.5. The van der Waals surface area contributed by atoms with Gasteiger partial charge in [0.15, 0.2) is 0 Å². The second-order valence-corrected chi connectivity index (χ2v) is 11.8. The van der Waals surface area contributed by atoms with Crippen LogP contribution in [0.2, 0.25) is 15.1 Å². The van der Waals surface area contributed by atoms with Gasteiger partial charge in [-0.25, -0.2) is 8.42 Å². The minimum absolute atomic E-state index is 0.0755. The van der Waals surface area contributed by atoms with Crippen LogP contribution in [0.4, 0.5) is 5.69 Å². The molecule has 2 amide bonds. The van der Waals surface area contributed by atoms with Crippen molar-refractivity contribution in [3.63, 3.8) is 0 Å². The van der Waals surface area contributed by atoms with Gasteiger partial charge in [-0.1, -0.05) is 53.0 Å². The topological polar surface area (TPSA) is 96.0 Å². The summed E-state index contributed by atoms with van der Waals surface area (Å²) >= 11 is 18.8. The number of hydrogen-bond donors (Lipinski definition) is 1. The van der Waals surface area contributed by atoms with E-state index < -0.39 is 34.4 Å². The van der Waals surface area contributed by atoms with Gasteiger partial charge in [-0.05, 0) is 69.3 Å². The van der Waals surface area contributed by atoms with E-state index in [9.17, 15) is 18.0 Å². The van der Waals surface area contributed by atoms with Crippen molar-refractivity contribution in [1.82, 2.24) is 10.2 Å². The van der Waals surface area contributed by atoms with Crippen molar-refractivity contribution in [2.75, 3.05) is 24.0 Å². The number of amides is 2.